The van der Waals surface area contributed by atoms with E-state index in [-0.39, 0.29) is 24.2 Å². The maximum atomic E-state index is 12.0. The highest BCUT2D eigenvalue weighted by Gasteiger charge is 2.20. The van der Waals surface area contributed by atoms with Gasteiger partial charge in [-0.15, -0.1) is 0 Å². The first-order chi connectivity index (χ1) is 9.47. The molecular formula is C13H21N3O4. The number of nitro groups is 1. The number of rotatable bonds is 8. The van der Waals surface area contributed by atoms with Gasteiger partial charge < -0.3 is 15.0 Å². The summed E-state index contributed by atoms with van der Waals surface area (Å²) in [6.07, 6.45) is 3.70. The third-order valence-corrected chi connectivity index (χ3v) is 2.95. The highest BCUT2D eigenvalue weighted by molar-refractivity contribution is 5.93. The minimum Gasteiger partial charge on any atom is -0.396 e. The van der Waals surface area contributed by atoms with Crippen LogP contribution in [0.15, 0.2) is 12.3 Å². The normalized spacial score (nSPS) is 10.8. The second kappa shape index (κ2) is 7.64. The Morgan fingerprint density at radius 1 is 1.45 bits per heavy atom. The Morgan fingerprint density at radius 2 is 2.15 bits per heavy atom. The lowest BCUT2D eigenvalue weighted by Crippen LogP contribution is -2.27. The SMILES string of the molecule is CC(C)n1cc([N+](=O)[O-])cc1C(=O)NCCCCCO. The molecule has 0 spiro atoms. The number of aliphatic hydroxyl groups excluding tert-OH is 1. The van der Waals surface area contributed by atoms with Crippen molar-refractivity contribution >= 4 is 11.6 Å². The number of aliphatic hydroxyl groups is 1. The standard InChI is InChI=1S/C13H21N3O4/c1-10(2)15-9-11(16(19)20)8-12(15)13(18)14-6-4-3-5-7-17/h8-10,17H,3-7H2,1-2H3,(H,14,18). The predicted molar refractivity (Wildman–Crippen MR) is 74.7 cm³/mol. The maximum Gasteiger partial charge on any atom is 0.287 e. The number of carbonyl (C=O) groups is 1. The van der Waals surface area contributed by atoms with Gasteiger partial charge in [-0.25, -0.2) is 0 Å². The molecule has 0 fully saturated rings. The third kappa shape index (κ3) is 4.34. The molecule has 1 amide bonds. The van der Waals surface area contributed by atoms with Gasteiger partial charge in [0.1, 0.15) is 5.69 Å². The molecule has 0 radical (unpaired) electrons. The first-order valence-electron chi connectivity index (χ1n) is 6.72. The van der Waals surface area contributed by atoms with Gasteiger partial charge in [-0.1, -0.05) is 0 Å². The molecule has 1 rings (SSSR count). The molecule has 0 aromatic carbocycles. The van der Waals surface area contributed by atoms with E-state index in [4.69, 9.17) is 5.11 Å². The Morgan fingerprint density at radius 3 is 2.70 bits per heavy atom. The molecule has 2 N–H and O–H groups in total. The number of hydrogen-bond acceptors (Lipinski definition) is 4. The van der Waals surface area contributed by atoms with E-state index in [1.807, 2.05) is 13.8 Å². The number of aromatic nitrogens is 1. The van der Waals surface area contributed by atoms with Crippen molar-refractivity contribution in [2.45, 2.75) is 39.2 Å². The van der Waals surface area contributed by atoms with Gasteiger partial charge in [0.2, 0.25) is 0 Å². The van der Waals surface area contributed by atoms with Crippen molar-refractivity contribution in [3.05, 3.63) is 28.1 Å². The first-order valence-corrected chi connectivity index (χ1v) is 6.72. The second-order valence-electron chi connectivity index (χ2n) is 4.88. The van der Waals surface area contributed by atoms with Crippen molar-refractivity contribution < 1.29 is 14.8 Å². The third-order valence-electron chi connectivity index (χ3n) is 2.95. The summed E-state index contributed by atoms with van der Waals surface area (Å²) in [4.78, 5) is 22.3. The maximum absolute atomic E-state index is 12.0. The molecule has 7 heteroatoms. The van der Waals surface area contributed by atoms with Crippen molar-refractivity contribution in [1.82, 2.24) is 9.88 Å². The van der Waals surface area contributed by atoms with E-state index in [0.717, 1.165) is 12.8 Å². The number of nitrogens with one attached hydrogen (secondary N) is 1. The van der Waals surface area contributed by atoms with Gasteiger partial charge >= 0.3 is 0 Å². The van der Waals surface area contributed by atoms with Gasteiger partial charge in [-0.05, 0) is 33.1 Å². The van der Waals surface area contributed by atoms with E-state index < -0.39 is 4.92 Å². The van der Waals surface area contributed by atoms with Crippen LogP contribution in [0.3, 0.4) is 0 Å². The van der Waals surface area contributed by atoms with Gasteiger partial charge in [-0.3, -0.25) is 14.9 Å². The highest BCUT2D eigenvalue weighted by atomic mass is 16.6. The van der Waals surface area contributed by atoms with Crippen LogP contribution in [0, 0.1) is 10.1 Å². The minimum atomic E-state index is -0.503. The average Bonchev–Trinajstić information content (AvgIpc) is 2.83. The summed E-state index contributed by atoms with van der Waals surface area (Å²) in [7, 11) is 0. The Hall–Kier alpha value is -1.89. The summed E-state index contributed by atoms with van der Waals surface area (Å²) in [5.74, 6) is -0.309. The van der Waals surface area contributed by atoms with Crippen LogP contribution in [-0.2, 0) is 0 Å². The van der Waals surface area contributed by atoms with Gasteiger partial charge in [0.15, 0.2) is 0 Å². The molecule has 20 heavy (non-hydrogen) atoms. The molecule has 7 nitrogen and oxygen atoms in total. The smallest absolute Gasteiger partial charge is 0.287 e. The molecule has 0 saturated carbocycles. The van der Waals surface area contributed by atoms with E-state index in [1.54, 1.807) is 4.57 Å². The topological polar surface area (TPSA) is 97.4 Å². The van der Waals surface area contributed by atoms with Crippen molar-refractivity contribution in [2.24, 2.45) is 0 Å². The Balaban J connectivity index is 2.68. The molecule has 0 bridgehead atoms. The zero-order valence-electron chi connectivity index (χ0n) is 11.8. The van der Waals surface area contributed by atoms with E-state index in [2.05, 4.69) is 5.32 Å². The van der Waals surface area contributed by atoms with E-state index in [9.17, 15) is 14.9 Å². The number of amides is 1. The molecule has 0 aliphatic rings. The Bertz CT molecular complexity index is 468. The highest BCUT2D eigenvalue weighted by Crippen LogP contribution is 2.20. The molecular weight excluding hydrogens is 262 g/mol. The summed E-state index contributed by atoms with van der Waals surface area (Å²) in [5.41, 5.74) is 0.220. The van der Waals surface area contributed by atoms with Gasteiger partial charge in [0, 0.05) is 25.3 Å². The van der Waals surface area contributed by atoms with Crippen LogP contribution in [0.4, 0.5) is 5.69 Å². The molecule has 0 aliphatic heterocycles. The van der Waals surface area contributed by atoms with Gasteiger partial charge in [-0.2, -0.15) is 0 Å². The average molecular weight is 283 g/mol. The molecule has 112 valence electrons. The summed E-state index contributed by atoms with van der Waals surface area (Å²) in [6, 6.07) is 1.27. The molecule has 0 unspecified atom stereocenters. The summed E-state index contributed by atoms with van der Waals surface area (Å²) >= 11 is 0. The lowest BCUT2D eigenvalue weighted by molar-refractivity contribution is -0.384. The summed E-state index contributed by atoms with van der Waals surface area (Å²) in [6.45, 7) is 4.37. The van der Waals surface area contributed by atoms with Crippen LogP contribution < -0.4 is 5.32 Å². The Kier molecular flexibility index (Phi) is 6.17. The zero-order valence-corrected chi connectivity index (χ0v) is 11.8. The summed E-state index contributed by atoms with van der Waals surface area (Å²) in [5, 5.41) is 22.2. The predicted octanol–water partition coefficient (Wildman–Crippen LogP) is 1.87. The molecule has 0 aliphatic carbocycles. The molecule has 0 saturated heterocycles. The van der Waals surface area contributed by atoms with Crippen LogP contribution in [0.1, 0.15) is 49.6 Å². The molecule has 1 aromatic rings. The van der Waals surface area contributed by atoms with E-state index in [1.165, 1.54) is 12.3 Å². The largest absolute Gasteiger partial charge is 0.396 e. The van der Waals surface area contributed by atoms with E-state index in [0.29, 0.717) is 18.7 Å². The van der Waals surface area contributed by atoms with Crippen LogP contribution >= 0.6 is 0 Å². The van der Waals surface area contributed by atoms with Crippen molar-refractivity contribution in [2.75, 3.05) is 13.2 Å². The zero-order chi connectivity index (χ0) is 15.1. The quantitative estimate of drug-likeness (QED) is 0.432. The van der Waals surface area contributed by atoms with E-state index >= 15 is 0 Å². The van der Waals surface area contributed by atoms with Crippen LogP contribution in [0.2, 0.25) is 0 Å². The van der Waals surface area contributed by atoms with Crippen LogP contribution in [-0.4, -0.2) is 33.7 Å². The fourth-order valence-corrected chi connectivity index (χ4v) is 1.88. The number of carbonyl (C=O) groups excluding carboxylic acids is 1. The first kappa shape index (κ1) is 16.2. The fourth-order valence-electron chi connectivity index (χ4n) is 1.88. The van der Waals surface area contributed by atoms with Crippen LogP contribution in [0.5, 0.6) is 0 Å². The molecule has 1 heterocycles. The van der Waals surface area contributed by atoms with Crippen molar-refractivity contribution in [3.8, 4) is 0 Å². The van der Waals surface area contributed by atoms with Crippen LogP contribution in [0.25, 0.3) is 0 Å². The number of unbranched alkanes of at least 4 members (excludes halogenated alkanes) is 2. The van der Waals surface area contributed by atoms with Gasteiger partial charge in [0.25, 0.3) is 11.6 Å². The molecule has 0 atom stereocenters. The monoisotopic (exact) mass is 283 g/mol. The number of hydrogen-bond donors (Lipinski definition) is 2. The Labute approximate surface area is 117 Å². The lowest BCUT2D eigenvalue weighted by atomic mass is 10.2. The fraction of sp³-hybridized carbons (Fsp3) is 0.615. The number of nitrogens with zero attached hydrogens (tertiary/aromatic N) is 2. The lowest BCUT2D eigenvalue weighted by Gasteiger charge is -2.12. The molecule has 1 aromatic heterocycles. The van der Waals surface area contributed by atoms with Crippen molar-refractivity contribution in [3.63, 3.8) is 0 Å². The second-order valence-corrected chi connectivity index (χ2v) is 4.88. The van der Waals surface area contributed by atoms with Crippen molar-refractivity contribution in [1.29, 1.82) is 0 Å². The summed E-state index contributed by atoms with van der Waals surface area (Å²) < 4.78 is 1.60. The minimum absolute atomic E-state index is 0.0289. The van der Waals surface area contributed by atoms with Gasteiger partial charge in [0.05, 0.1) is 11.1 Å².